The molecule has 70 valence electrons. The van der Waals surface area contributed by atoms with Crippen molar-refractivity contribution in [1.82, 2.24) is 15.1 Å². The quantitative estimate of drug-likeness (QED) is 0.625. The summed E-state index contributed by atoms with van der Waals surface area (Å²) in [7, 11) is 5.51. The summed E-state index contributed by atoms with van der Waals surface area (Å²) < 4.78 is 0. The monoisotopic (exact) mass is 171 g/mol. The molecule has 0 aliphatic carbocycles. The molecule has 0 aromatic heterocycles. The van der Waals surface area contributed by atoms with Crippen molar-refractivity contribution in [3.8, 4) is 0 Å². The molecular weight excluding hydrogens is 154 g/mol. The topological polar surface area (TPSA) is 35.6 Å². The van der Waals surface area contributed by atoms with Crippen molar-refractivity contribution < 1.29 is 4.79 Å². The minimum Gasteiger partial charge on any atom is -0.331 e. The normalized spacial score (nSPS) is 17.4. The van der Waals surface area contributed by atoms with Crippen LogP contribution >= 0.6 is 0 Å². The van der Waals surface area contributed by atoms with Crippen molar-refractivity contribution in [3.63, 3.8) is 0 Å². The summed E-state index contributed by atoms with van der Waals surface area (Å²) in [5, 5.41) is 3.11. The number of nitrogens with zero attached hydrogens (tertiary/aromatic N) is 2. The van der Waals surface area contributed by atoms with E-state index in [4.69, 9.17) is 0 Å². The molecule has 1 N–H and O–H groups in total. The molecule has 0 unspecified atom stereocenters. The van der Waals surface area contributed by atoms with E-state index in [2.05, 4.69) is 5.32 Å². The Morgan fingerprint density at radius 3 is 2.58 bits per heavy atom. The summed E-state index contributed by atoms with van der Waals surface area (Å²) in [6, 6.07) is 0.127. The molecule has 1 saturated heterocycles. The fraction of sp³-hybridized carbons (Fsp3) is 0.875. The fourth-order valence-corrected chi connectivity index (χ4v) is 1.43. The number of carbonyl (C=O) groups is 1. The fourth-order valence-electron chi connectivity index (χ4n) is 1.43. The largest absolute Gasteiger partial charge is 0.331 e. The van der Waals surface area contributed by atoms with Crippen molar-refractivity contribution >= 4 is 6.03 Å². The smallest absolute Gasteiger partial charge is 0.319 e. The van der Waals surface area contributed by atoms with Crippen molar-refractivity contribution in [3.05, 3.63) is 0 Å². The Hall–Kier alpha value is -0.770. The van der Waals surface area contributed by atoms with Crippen molar-refractivity contribution in [2.75, 3.05) is 40.8 Å². The molecule has 2 amide bonds. The maximum atomic E-state index is 11.3. The number of hydrogen-bond acceptors (Lipinski definition) is 2. The second-order valence-electron chi connectivity index (χ2n) is 3.51. The van der Waals surface area contributed by atoms with Gasteiger partial charge in [-0.1, -0.05) is 0 Å². The third-order valence-corrected chi connectivity index (χ3v) is 2.10. The summed E-state index contributed by atoms with van der Waals surface area (Å²) in [5.41, 5.74) is 0. The van der Waals surface area contributed by atoms with Gasteiger partial charge in [-0.05, 0) is 7.05 Å². The summed E-state index contributed by atoms with van der Waals surface area (Å²) in [5.74, 6) is 0.652. The summed E-state index contributed by atoms with van der Waals surface area (Å²) in [6.45, 7) is 2.81. The van der Waals surface area contributed by atoms with Crippen LogP contribution in [0, 0.1) is 5.92 Å². The Bertz CT molecular complexity index is 164. The molecule has 0 atom stereocenters. The van der Waals surface area contributed by atoms with Gasteiger partial charge in [-0.15, -0.1) is 0 Å². The van der Waals surface area contributed by atoms with E-state index >= 15 is 0 Å². The number of nitrogens with one attached hydrogen (secondary N) is 1. The molecule has 1 aliphatic rings. The SMILES string of the molecule is CNCC1CN(C(=O)N(C)C)C1. The average molecular weight is 171 g/mol. The minimum absolute atomic E-state index is 0.127. The number of amides is 2. The maximum absolute atomic E-state index is 11.3. The molecule has 1 fully saturated rings. The van der Waals surface area contributed by atoms with Gasteiger partial charge in [-0.3, -0.25) is 0 Å². The second kappa shape index (κ2) is 3.76. The zero-order valence-electron chi connectivity index (χ0n) is 8.00. The average Bonchev–Trinajstić information content (AvgIpc) is 1.94. The van der Waals surface area contributed by atoms with E-state index in [1.54, 1.807) is 19.0 Å². The predicted octanol–water partition coefficient (Wildman–Crippen LogP) is -0.181. The molecule has 0 spiro atoms. The molecule has 0 aromatic rings. The molecule has 1 aliphatic heterocycles. The lowest BCUT2D eigenvalue weighted by Crippen LogP contribution is -2.55. The van der Waals surface area contributed by atoms with Gasteiger partial charge in [0.2, 0.25) is 0 Å². The first-order valence-electron chi connectivity index (χ1n) is 4.26. The lowest BCUT2D eigenvalue weighted by atomic mass is 10.0. The summed E-state index contributed by atoms with van der Waals surface area (Å²) in [4.78, 5) is 14.8. The van der Waals surface area contributed by atoms with Gasteiger partial charge in [0.25, 0.3) is 0 Å². The molecule has 0 bridgehead atoms. The van der Waals surface area contributed by atoms with E-state index in [9.17, 15) is 4.79 Å². The van der Waals surface area contributed by atoms with E-state index < -0.39 is 0 Å². The maximum Gasteiger partial charge on any atom is 0.319 e. The number of urea groups is 1. The van der Waals surface area contributed by atoms with Crippen LogP contribution in [0.2, 0.25) is 0 Å². The molecule has 0 radical (unpaired) electrons. The van der Waals surface area contributed by atoms with Crippen LogP contribution in [0.3, 0.4) is 0 Å². The molecule has 4 heteroatoms. The molecule has 1 heterocycles. The first kappa shape index (κ1) is 9.32. The van der Waals surface area contributed by atoms with E-state index in [1.165, 1.54) is 0 Å². The van der Waals surface area contributed by atoms with Crippen molar-refractivity contribution in [2.24, 2.45) is 5.92 Å². The first-order chi connectivity index (χ1) is 5.65. The minimum atomic E-state index is 0.127. The number of hydrogen-bond donors (Lipinski definition) is 1. The Balaban J connectivity index is 2.20. The second-order valence-corrected chi connectivity index (χ2v) is 3.51. The predicted molar refractivity (Wildman–Crippen MR) is 48.1 cm³/mol. The van der Waals surface area contributed by atoms with E-state index in [0.717, 1.165) is 19.6 Å². The number of carbonyl (C=O) groups excluding carboxylic acids is 1. The van der Waals surface area contributed by atoms with Crippen LogP contribution in [0.4, 0.5) is 4.79 Å². The van der Waals surface area contributed by atoms with Crippen LogP contribution in [0.1, 0.15) is 0 Å². The zero-order chi connectivity index (χ0) is 9.14. The third-order valence-electron chi connectivity index (χ3n) is 2.10. The lowest BCUT2D eigenvalue weighted by molar-refractivity contribution is 0.102. The van der Waals surface area contributed by atoms with Gasteiger partial charge in [0.1, 0.15) is 0 Å². The Morgan fingerprint density at radius 1 is 1.58 bits per heavy atom. The highest BCUT2D eigenvalue weighted by Gasteiger charge is 2.30. The van der Waals surface area contributed by atoms with Gasteiger partial charge >= 0.3 is 6.03 Å². The lowest BCUT2D eigenvalue weighted by Gasteiger charge is -2.40. The highest BCUT2D eigenvalue weighted by molar-refractivity contribution is 5.74. The summed E-state index contributed by atoms with van der Waals surface area (Å²) in [6.07, 6.45) is 0. The standard InChI is InChI=1S/C8H17N3O/c1-9-4-7-5-11(6-7)8(12)10(2)3/h7,9H,4-6H2,1-3H3. The van der Waals surface area contributed by atoms with Crippen molar-refractivity contribution in [1.29, 1.82) is 0 Å². The van der Waals surface area contributed by atoms with Gasteiger partial charge in [-0.25, -0.2) is 4.79 Å². The molecule has 12 heavy (non-hydrogen) atoms. The van der Waals surface area contributed by atoms with Crippen LogP contribution in [0.15, 0.2) is 0 Å². The summed E-state index contributed by atoms with van der Waals surface area (Å²) >= 11 is 0. The van der Waals surface area contributed by atoms with E-state index in [1.807, 2.05) is 11.9 Å². The van der Waals surface area contributed by atoms with Crippen LogP contribution < -0.4 is 5.32 Å². The highest BCUT2D eigenvalue weighted by Crippen LogP contribution is 2.15. The highest BCUT2D eigenvalue weighted by atomic mass is 16.2. The van der Waals surface area contributed by atoms with Gasteiger partial charge in [0.15, 0.2) is 0 Å². The van der Waals surface area contributed by atoms with Crippen molar-refractivity contribution in [2.45, 2.75) is 0 Å². The van der Waals surface area contributed by atoms with E-state index in [-0.39, 0.29) is 6.03 Å². The number of likely N-dealkylation sites (tertiary alicyclic amines) is 1. The third kappa shape index (κ3) is 1.88. The Morgan fingerprint density at radius 2 is 2.17 bits per heavy atom. The molecule has 4 nitrogen and oxygen atoms in total. The number of rotatable bonds is 2. The molecular formula is C8H17N3O. The Kier molecular flexibility index (Phi) is 2.92. The molecule has 0 saturated carbocycles. The molecule has 0 aromatic carbocycles. The van der Waals surface area contributed by atoms with Crippen LogP contribution in [0.25, 0.3) is 0 Å². The van der Waals surface area contributed by atoms with Gasteiger partial charge in [0.05, 0.1) is 0 Å². The van der Waals surface area contributed by atoms with Crippen LogP contribution in [-0.2, 0) is 0 Å². The van der Waals surface area contributed by atoms with E-state index in [0.29, 0.717) is 5.92 Å². The van der Waals surface area contributed by atoms with Crippen LogP contribution in [0.5, 0.6) is 0 Å². The first-order valence-corrected chi connectivity index (χ1v) is 4.26. The molecule has 1 rings (SSSR count). The Labute approximate surface area is 73.5 Å². The zero-order valence-corrected chi connectivity index (χ0v) is 8.00. The van der Waals surface area contributed by atoms with Gasteiger partial charge in [-0.2, -0.15) is 0 Å². The van der Waals surface area contributed by atoms with Crippen LogP contribution in [-0.4, -0.2) is 56.6 Å². The van der Waals surface area contributed by atoms with Gasteiger partial charge in [0, 0.05) is 39.6 Å². The van der Waals surface area contributed by atoms with Gasteiger partial charge < -0.3 is 15.1 Å².